The summed E-state index contributed by atoms with van der Waals surface area (Å²) < 4.78 is 9.84. The van der Waals surface area contributed by atoms with Crippen molar-refractivity contribution in [2.24, 2.45) is 14.1 Å². The fourth-order valence-electron chi connectivity index (χ4n) is 2.49. The SMILES string of the molecule is Cc1noc(C)c1Cn1c(Br)nc2c(=O)n(C)c(=O)n(C)c21. The van der Waals surface area contributed by atoms with Crippen LogP contribution in [0.2, 0.25) is 0 Å². The van der Waals surface area contributed by atoms with E-state index in [-0.39, 0.29) is 5.52 Å². The van der Waals surface area contributed by atoms with Gasteiger partial charge in [0.05, 0.1) is 12.2 Å². The topological polar surface area (TPSA) is 87.8 Å². The zero-order chi connectivity index (χ0) is 16.2. The van der Waals surface area contributed by atoms with Crippen LogP contribution in [0.5, 0.6) is 0 Å². The van der Waals surface area contributed by atoms with Gasteiger partial charge in [-0.05, 0) is 29.8 Å². The molecule has 3 rings (SSSR count). The molecule has 0 aliphatic rings. The highest BCUT2D eigenvalue weighted by Gasteiger charge is 2.20. The fraction of sp³-hybridized carbons (Fsp3) is 0.385. The van der Waals surface area contributed by atoms with Crippen LogP contribution in [0.15, 0.2) is 18.8 Å². The van der Waals surface area contributed by atoms with Crippen LogP contribution in [-0.4, -0.2) is 23.8 Å². The lowest BCUT2D eigenvalue weighted by molar-refractivity contribution is 0.392. The van der Waals surface area contributed by atoms with Crippen LogP contribution in [0.4, 0.5) is 0 Å². The minimum atomic E-state index is -0.420. The lowest BCUT2D eigenvalue weighted by Gasteiger charge is -2.09. The summed E-state index contributed by atoms with van der Waals surface area (Å²) in [6.07, 6.45) is 0. The summed E-state index contributed by atoms with van der Waals surface area (Å²) in [6.45, 7) is 4.07. The van der Waals surface area contributed by atoms with Crippen molar-refractivity contribution < 1.29 is 4.52 Å². The first-order valence-corrected chi connectivity index (χ1v) is 7.35. The van der Waals surface area contributed by atoms with Crippen molar-refractivity contribution in [1.82, 2.24) is 23.8 Å². The van der Waals surface area contributed by atoms with Crippen LogP contribution in [-0.2, 0) is 20.6 Å². The number of rotatable bonds is 2. The van der Waals surface area contributed by atoms with Crippen molar-refractivity contribution >= 4 is 27.1 Å². The van der Waals surface area contributed by atoms with E-state index >= 15 is 0 Å². The molecule has 0 atom stereocenters. The Morgan fingerprint density at radius 2 is 1.86 bits per heavy atom. The first-order chi connectivity index (χ1) is 10.3. The maximum Gasteiger partial charge on any atom is 0.332 e. The Morgan fingerprint density at radius 3 is 2.45 bits per heavy atom. The van der Waals surface area contributed by atoms with Gasteiger partial charge in [-0.3, -0.25) is 18.5 Å². The molecule has 116 valence electrons. The number of hydrogen-bond acceptors (Lipinski definition) is 5. The number of aryl methyl sites for hydroxylation is 3. The smallest absolute Gasteiger partial charge is 0.332 e. The molecule has 0 N–H and O–H groups in total. The third-order valence-electron chi connectivity index (χ3n) is 3.79. The molecule has 8 nitrogen and oxygen atoms in total. The molecule has 3 heterocycles. The van der Waals surface area contributed by atoms with Crippen molar-refractivity contribution in [2.75, 3.05) is 0 Å². The van der Waals surface area contributed by atoms with Crippen molar-refractivity contribution in [3.05, 3.63) is 42.6 Å². The number of imidazole rings is 1. The number of fused-ring (bicyclic) bond motifs is 1. The van der Waals surface area contributed by atoms with E-state index in [1.165, 1.54) is 11.6 Å². The van der Waals surface area contributed by atoms with E-state index in [1.54, 1.807) is 11.6 Å². The predicted octanol–water partition coefficient (Wildman–Crippen LogP) is 0.849. The summed E-state index contributed by atoms with van der Waals surface area (Å²) >= 11 is 3.36. The van der Waals surface area contributed by atoms with Crippen molar-refractivity contribution in [3.63, 3.8) is 0 Å². The van der Waals surface area contributed by atoms with Gasteiger partial charge >= 0.3 is 5.69 Å². The molecule has 0 amide bonds. The minimum Gasteiger partial charge on any atom is -0.361 e. The summed E-state index contributed by atoms with van der Waals surface area (Å²) in [5.41, 5.74) is 1.54. The quantitative estimate of drug-likeness (QED) is 0.626. The Labute approximate surface area is 133 Å². The van der Waals surface area contributed by atoms with Gasteiger partial charge < -0.3 is 4.52 Å². The molecule has 3 aromatic rings. The van der Waals surface area contributed by atoms with E-state index in [0.717, 1.165) is 15.8 Å². The molecule has 0 spiro atoms. The van der Waals surface area contributed by atoms with Crippen LogP contribution in [0.1, 0.15) is 17.0 Å². The lowest BCUT2D eigenvalue weighted by Crippen LogP contribution is -2.37. The molecule has 0 aliphatic heterocycles. The van der Waals surface area contributed by atoms with Gasteiger partial charge in [0, 0.05) is 19.7 Å². The average molecular weight is 368 g/mol. The molecule has 0 saturated heterocycles. The van der Waals surface area contributed by atoms with Gasteiger partial charge in [0.25, 0.3) is 5.56 Å². The predicted molar refractivity (Wildman–Crippen MR) is 83.0 cm³/mol. The van der Waals surface area contributed by atoms with Crippen molar-refractivity contribution in [2.45, 2.75) is 20.4 Å². The molecule has 3 aromatic heterocycles. The molecule has 0 aliphatic carbocycles. The molecular formula is C13H14BrN5O3. The zero-order valence-corrected chi connectivity index (χ0v) is 14.1. The average Bonchev–Trinajstić information content (AvgIpc) is 2.98. The number of halogens is 1. The maximum atomic E-state index is 12.2. The highest BCUT2D eigenvalue weighted by Crippen LogP contribution is 2.21. The fourth-order valence-corrected chi connectivity index (χ4v) is 2.96. The summed E-state index contributed by atoms with van der Waals surface area (Å²) in [7, 11) is 3.05. The largest absolute Gasteiger partial charge is 0.361 e. The second-order valence-corrected chi connectivity index (χ2v) is 5.86. The number of aromatic nitrogens is 5. The maximum absolute atomic E-state index is 12.2. The summed E-state index contributed by atoms with van der Waals surface area (Å²) in [5.74, 6) is 0.695. The van der Waals surface area contributed by atoms with Crippen LogP contribution < -0.4 is 11.2 Å². The Kier molecular flexibility index (Phi) is 3.32. The van der Waals surface area contributed by atoms with E-state index in [4.69, 9.17) is 4.52 Å². The first-order valence-electron chi connectivity index (χ1n) is 6.56. The standard InChI is InChI=1S/C13H14BrN5O3/c1-6-8(7(2)22-16-6)5-19-10-9(15-12(19)14)11(20)18(4)13(21)17(10)3/h5H2,1-4H3. The second-order valence-electron chi connectivity index (χ2n) is 5.15. The Bertz CT molecular complexity index is 988. The molecule has 0 unspecified atom stereocenters. The van der Waals surface area contributed by atoms with Gasteiger partial charge in [0.2, 0.25) is 0 Å². The molecule has 22 heavy (non-hydrogen) atoms. The monoisotopic (exact) mass is 367 g/mol. The summed E-state index contributed by atoms with van der Waals surface area (Å²) in [6, 6.07) is 0. The lowest BCUT2D eigenvalue weighted by atomic mass is 10.2. The van der Waals surface area contributed by atoms with E-state index in [0.29, 0.717) is 22.7 Å². The zero-order valence-electron chi connectivity index (χ0n) is 12.5. The van der Waals surface area contributed by atoms with Crippen molar-refractivity contribution in [1.29, 1.82) is 0 Å². The Balaban J connectivity index is 2.34. The summed E-state index contributed by atoms with van der Waals surface area (Å²) in [5, 5.41) is 3.92. The van der Waals surface area contributed by atoms with Gasteiger partial charge in [0.1, 0.15) is 5.76 Å². The molecule has 9 heteroatoms. The molecule has 0 bridgehead atoms. The normalized spacial score (nSPS) is 11.5. The molecular weight excluding hydrogens is 354 g/mol. The van der Waals surface area contributed by atoms with E-state index in [9.17, 15) is 9.59 Å². The van der Waals surface area contributed by atoms with Crippen LogP contribution >= 0.6 is 15.9 Å². The summed E-state index contributed by atoms with van der Waals surface area (Å²) in [4.78, 5) is 28.6. The molecule has 0 saturated carbocycles. The van der Waals surface area contributed by atoms with E-state index < -0.39 is 11.2 Å². The molecule has 0 fully saturated rings. The number of hydrogen-bond donors (Lipinski definition) is 0. The highest BCUT2D eigenvalue weighted by molar-refractivity contribution is 9.10. The van der Waals surface area contributed by atoms with E-state index in [2.05, 4.69) is 26.1 Å². The first kappa shape index (κ1) is 14.8. The molecule has 0 radical (unpaired) electrons. The van der Waals surface area contributed by atoms with Gasteiger partial charge in [0.15, 0.2) is 15.9 Å². The van der Waals surface area contributed by atoms with Gasteiger partial charge in [-0.15, -0.1) is 0 Å². The van der Waals surface area contributed by atoms with E-state index in [1.807, 2.05) is 13.8 Å². The molecule has 0 aromatic carbocycles. The van der Waals surface area contributed by atoms with Crippen LogP contribution in [0.3, 0.4) is 0 Å². The number of nitrogens with zero attached hydrogens (tertiary/aromatic N) is 5. The van der Waals surface area contributed by atoms with Gasteiger partial charge in [-0.2, -0.15) is 0 Å². The Hall–Kier alpha value is -2.16. The third-order valence-corrected chi connectivity index (χ3v) is 4.40. The minimum absolute atomic E-state index is 0.239. The van der Waals surface area contributed by atoms with Crippen molar-refractivity contribution in [3.8, 4) is 0 Å². The van der Waals surface area contributed by atoms with Gasteiger partial charge in [-0.1, -0.05) is 5.16 Å². The highest BCUT2D eigenvalue weighted by atomic mass is 79.9. The third kappa shape index (κ3) is 1.96. The Morgan fingerprint density at radius 1 is 1.18 bits per heavy atom. The second kappa shape index (κ2) is 4.94. The van der Waals surface area contributed by atoms with Crippen LogP contribution in [0.25, 0.3) is 11.2 Å². The van der Waals surface area contributed by atoms with Crippen LogP contribution in [0, 0.1) is 13.8 Å². The van der Waals surface area contributed by atoms with Gasteiger partial charge in [-0.25, -0.2) is 9.78 Å².